The van der Waals surface area contributed by atoms with Gasteiger partial charge in [0.1, 0.15) is 6.07 Å². The maximum atomic E-state index is 10.4. The SMILES string of the molecule is N#Cc1c(N)cc(Cl)nc1[N+](=O)[O-]. The van der Waals surface area contributed by atoms with E-state index in [9.17, 15) is 10.1 Å². The van der Waals surface area contributed by atoms with Crippen LogP contribution in [0.4, 0.5) is 11.5 Å². The van der Waals surface area contributed by atoms with Crippen molar-refractivity contribution in [3.8, 4) is 6.07 Å². The van der Waals surface area contributed by atoms with Crippen LogP contribution in [0.2, 0.25) is 5.15 Å². The molecule has 0 atom stereocenters. The van der Waals surface area contributed by atoms with Crippen LogP contribution < -0.4 is 5.73 Å². The minimum Gasteiger partial charge on any atom is -0.397 e. The molecule has 0 saturated heterocycles. The summed E-state index contributed by atoms with van der Waals surface area (Å²) < 4.78 is 0. The Kier molecular flexibility index (Phi) is 2.30. The van der Waals surface area contributed by atoms with Gasteiger partial charge < -0.3 is 15.8 Å². The molecule has 13 heavy (non-hydrogen) atoms. The van der Waals surface area contributed by atoms with Crippen LogP contribution in [0.25, 0.3) is 0 Å². The van der Waals surface area contributed by atoms with Crippen LogP contribution >= 0.6 is 11.6 Å². The van der Waals surface area contributed by atoms with E-state index >= 15 is 0 Å². The van der Waals surface area contributed by atoms with Crippen molar-refractivity contribution < 1.29 is 4.92 Å². The maximum Gasteiger partial charge on any atom is 0.385 e. The first-order valence-corrected chi connectivity index (χ1v) is 3.44. The number of halogens is 1. The summed E-state index contributed by atoms with van der Waals surface area (Å²) in [7, 11) is 0. The second kappa shape index (κ2) is 3.25. The van der Waals surface area contributed by atoms with Crippen molar-refractivity contribution in [2.75, 3.05) is 5.73 Å². The molecule has 0 unspecified atom stereocenters. The number of nitrogens with two attached hydrogens (primary N) is 1. The number of nitriles is 1. The molecule has 0 aromatic carbocycles. The minimum absolute atomic E-state index is 0.0470. The summed E-state index contributed by atoms with van der Waals surface area (Å²) in [4.78, 5) is 12.9. The fourth-order valence-corrected chi connectivity index (χ4v) is 0.963. The average Bonchev–Trinajstić information content (AvgIpc) is 2.02. The number of nitrogen functional groups attached to an aromatic ring is 1. The molecule has 1 aromatic heterocycles. The maximum absolute atomic E-state index is 10.4. The van der Waals surface area contributed by atoms with Crippen molar-refractivity contribution in [2.24, 2.45) is 0 Å². The van der Waals surface area contributed by atoms with Crippen molar-refractivity contribution in [2.45, 2.75) is 0 Å². The van der Waals surface area contributed by atoms with Crippen LogP contribution in [0.5, 0.6) is 0 Å². The summed E-state index contributed by atoms with van der Waals surface area (Å²) in [6.07, 6.45) is 0. The van der Waals surface area contributed by atoms with Gasteiger partial charge in [-0.2, -0.15) is 5.26 Å². The van der Waals surface area contributed by atoms with E-state index in [-0.39, 0.29) is 16.4 Å². The quantitative estimate of drug-likeness (QED) is 0.413. The summed E-state index contributed by atoms with van der Waals surface area (Å²) in [5, 5.41) is 18.8. The Hall–Kier alpha value is -1.87. The summed E-state index contributed by atoms with van der Waals surface area (Å²) in [6.45, 7) is 0. The smallest absolute Gasteiger partial charge is 0.385 e. The Labute approximate surface area is 77.7 Å². The van der Waals surface area contributed by atoms with Gasteiger partial charge in [-0.3, -0.25) is 0 Å². The van der Waals surface area contributed by atoms with E-state index in [4.69, 9.17) is 22.6 Å². The first-order chi connectivity index (χ1) is 6.06. The summed E-state index contributed by atoms with van der Waals surface area (Å²) in [6, 6.07) is 2.77. The lowest BCUT2D eigenvalue weighted by molar-refractivity contribution is -0.389. The van der Waals surface area contributed by atoms with E-state index in [2.05, 4.69) is 4.98 Å². The lowest BCUT2D eigenvalue weighted by atomic mass is 10.2. The number of nitro groups is 1. The van der Waals surface area contributed by atoms with Gasteiger partial charge in [-0.25, -0.2) is 0 Å². The van der Waals surface area contributed by atoms with Crippen LogP contribution in [0.15, 0.2) is 6.07 Å². The standard InChI is InChI=1S/C6H3ClN4O2/c7-5-1-4(9)3(2-8)6(10-5)11(12)13/h1H,(H2,9,10). The number of aromatic nitrogens is 1. The third kappa shape index (κ3) is 1.65. The average molecular weight is 199 g/mol. The molecule has 7 heteroatoms. The lowest BCUT2D eigenvalue weighted by Crippen LogP contribution is -2.00. The largest absolute Gasteiger partial charge is 0.397 e. The van der Waals surface area contributed by atoms with E-state index in [0.29, 0.717) is 0 Å². The number of hydrogen-bond acceptors (Lipinski definition) is 5. The van der Waals surface area contributed by atoms with Gasteiger partial charge in [-0.1, -0.05) is 0 Å². The van der Waals surface area contributed by atoms with Crippen LogP contribution in [0.3, 0.4) is 0 Å². The molecule has 0 aliphatic rings. The normalized spacial score (nSPS) is 9.23. The number of hydrogen-bond donors (Lipinski definition) is 1. The lowest BCUT2D eigenvalue weighted by Gasteiger charge is -1.97. The molecule has 0 aliphatic heterocycles. The zero-order valence-corrected chi connectivity index (χ0v) is 6.95. The number of nitrogens with zero attached hydrogens (tertiary/aromatic N) is 3. The van der Waals surface area contributed by atoms with Gasteiger partial charge in [0.25, 0.3) is 0 Å². The van der Waals surface area contributed by atoms with Crippen molar-refractivity contribution in [3.05, 3.63) is 26.9 Å². The van der Waals surface area contributed by atoms with Crippen molar-refractivity contribution >= 4 is 23.1 Å². The highest BCUT2D eigenvalue weighted by Gasteiger charge is 2.20. The third-order valence-corrected chi connectivity index (χ3v) is 1.48. The molecule has 0 radical (unpaired) electrons. The Bertz CT molecular complexity index is 412. The highest BCUT2D eigenvalue weighted by atomic mass is 35.5. The molecule has 1 aromatic rings. The molecule has 2 N–H and O–H groups in total. The highest BCUT2D eigenvalue weighted by Crippen LogP contribution is 2.24. The Morgan fingerprint density at radius 1 is 1.77 bits per heavy atom. The molecule has 0 amide bonds. The van der Waals surface area contributed by atoms with E-state index in [1.165, 1.54) is 6.07 Å². The molecule has 0 saturated carbocycles. The van der Waals surface area contributed by atoms with Gasteiger partial charge in [0.2, 0.25) is 5.15 Å². The van der Waals surface area contributed by atoms with Crippen LogP contribution in [0.1, 0.15) is 5.56 Å². The number of pyridine rings is 1. The predicted octanol–water partition coefficient (Wildman–Crippen LogP) is 1.10. The van der Waals surface area contributed by atoms with E-state index < -0.39 is 10.7 Å². The molecule has 66 valence electrons. The molecule has 1 heterocycles. The van der Waals surface area contributed by atoms with Gasteiger partial charge in [0.15, 0.2) is 5.56 Å². The van der Waals surface area contributed by atoms with Gasteiger partial charge in [-0.05, 0) is 21.5 Å². The Balaban J connectivity index is 3.50. The van der Waals surface area contributed by atoms with Crippen LogP contribution in [0, 0.1) is 21.4 Å². The number of rotatable bonds is 1. The Morgan fingerprint density at radius 3 is 2.85 bits per heavy atom. The summed E-state index contributed by atoms with van der Waals surface area (Å²) in [5.74, 6) is -0.618. The van der Waals surface area contributed by atoms with Crippen molar-refractivity contribution in [1.29, 1.82) is 5.26 Å². The molecule has 6 nitrogen and oxygen atoms in total. The molecule has 0 fully saturated rings. The predicted molar refractivity (Wildman–Crippen MR) is 45.0 cm³/mol. The minimum atomic E-state index is -0.805. The van der Waals surface area contributed by atoms with Crippen molar-refractivity contribution in [3.63, 3.8) is 0 Å². The van der Waals surface area contributed by atoms with Gasteiger partial charge >= 0.3 is 5.82 Å². The first kappa shape index (κ1) is 9.22. The van der Waals surface area contributed by atoms with Gasteiger partial charge in [0, 0.05) is 6.07 Å². The van der Waals surface area contributed by atoms with Crippen molar-refractivity contribution in [1.82, 2.24) is 4.98 Å². The zero-order chi connectivity index (χ0) is 10.0. The number of anilines is 1. The molecule has 0 spiro atoms. The topological polar surface area (TPSA) is 106 Å². The van der Waals surface area contributed by atoms with Crippen LogP contribution in [-0.2, 0) is 0 Å². The molecular formula is C6H3ClN4O2. The monoisotopic (exact) mass is 198 g/mol. The molecule has 0 bridgehead atoms. The fourth-order valence-electron chi connectivity index (χ4n) is 0.766. The zero-order valence-electron chi connectivity index (χ0n) is 6.19. The van der Waals surface area contributed by atoms with Gasteiger partial charge in [0.05, 0.1) is 5.69 Å². The fraction of sp³-hybridized carbons (Fsp3) is 0. The molecular weight excluding hydrogens is 196 g/mol. The summed E-state index contributed by atoms with van der Waals surface area (Å²) >= 11 is 5.42. The molecule has 1 rings (SSSR count). The van der Waals surface area contributed by atoms with Gasteiger partial charge in [-0.15, -0.1) is 0 Å². The second-order valence-corrected chi connectivity index (χ2v) is 2.49. The van der Waals surface area contributed by atoms with E-state index in [1.54, 1.807) is 6.07 Å². The van der Waals surface area contributed by atoms with E-state index in [0.717, 1.165) is 0 Å². The van der Waals surface area contributed by atoms with E-state index in [1.807, 2.05) is 0 Å². The van der Waals surface area contributed by atoms with Crippen LogP contribution in [-0.4, -0.2) is 9.91 Å². The Morgan fingerprint density at radius 2 is 2.38 bits per heavy atom. The second-order valence-electron chi connectivity index (χ2n) is 2.10. The highest BCUT2D eigenvalue weighted by molar-refractivity contribution is 6.29. The molecule has 0 aliphatic carbocycles. The third-order valence-electron chi connectivity index (χ3n) is 1.28. The first-order valence-electron chi connectivity index (χ1n) is 3.06. The summed E-state index contributed by atoms with van der Waals surface area (Å²) in [5.41, 5.74) is 5.00.